The van der Waals surface area contributed by atoms with E-state index < -0.39 is 0 Å². The van der Waals surface area contributed by atoms with E-state index in [4.69, 9.17) is 16.3 Å². The Morgan fingerprint density at radius 2 is 1.85 bits per heavy atom. The van der Waals surface area contributed by atoms with Crippen molar-refractivity contribution in [1.82, 2.24) is 0 Å². The summed E-state index contributed by atoms with van der Waals surface area (Å²) in [6.45, 7) is 2.15. The van der Waals surface area contributed by atoms with Crippen molar-refractivity contribution >= 4 is 22.4 Å². The zero-order valence-corrected chi connectivity index (χ0v) is 12.9. The number of hydrogen-bond acceptors (Lipinski definition) is 1. The maximum Gasteiger partial charge on any atom is 0.0696 e. The van der Waals surface area contributed by atoms with Crippen LogP contribution >= 0.6 is 11.6 Å². The summed E-state index contributed by atoms with van der Waals surface area (Å²) in [5, 5.41) is 2.59. The summed E-state index contributed by atoms with van der Waals surface area (Å²) < 4.78 is 5.72. The van der Waals surface area contributed by atoms with Crippen molar-refractivity contribution in [3.63, 3.8) is 0 Å². The number of fused-ring (bicyclic) bond motifs is 1. The molecule has 0 aliphatic heterocycles. The molecule has 1 aliphatic carbocycles. The number of hydrogen-bond donors (Lipinski definition) is 0. The summed E-state index contributed by atoms with van der Waals surface area (Å²) in [6, 6.07) is 12.9. The third-order valence-electron chi connectivity index (χ3n) is 4.76. The lowest BCUT2D eigenvalue weighted by Gasteiger charge is -2.42. The van der Waals surface area contributed by atoms with Crippen molar-refractivity contribution < 1.29 is 4.74 Å². The van der Waals surface area contributed by atoms with Gasteiger partial charge in [0.25, 0.3) is 0 Å². The van der Waals surface area contributed by atoms with Crippen LogP contribution in [-0.4, -0.2) is 12.7 Å². The molecule has 0 bridgehead atoms. The van der Waals surface area contributed by atoms with Gasteiger partial charge < -0.3 is 4.74 Å². The van der Waals surface area contributed by atoms with E-state index in [0.717, 1.165) is 19.3 Å². The molecule has 1 unspecified atom stereocenters. The lowest BCUT2D eigenvalue weighted by atomic mass is 9.75. The normalized spacial score (nSPS) is 18.8. The quantitative estimate of drug-likeness (QED) is 0.686. The highest BCUT2D eigenvalue weighted by Crippen LogP contribution is 2.45. The van der Waals surface area contributed by atoms with Crippen LogP contribution in [0.5, 0.6) is 0 Å². The molecule has 0 radical (unpaired) electrons. The predicted octanol–water partition coefficient (Wildman–Crippen LogP) is 5.39. The van der Waals surface area contributed by atoms with E-state index in [1.165, 1.54) is 28.3 Å². The van der Waals surface area contributed by atoms with Crippen LogP contribution in [0.3, 0.4) is 0 Å². The monoisotopic (exact) mass is 288 g/mol. The van der Waals surface area contributed by atoms with Crippen molar-refractivity contribution in [2.24, 2.45) is 0 Å². The molecule has 2 aromatic rings. The molecule has 2 heteroatoms. The summed E-state index contributed by atoms with van der Waals surface area (Å²) >= 11 is 6.73. The average Bonchev–Trinajstić information content (AvgIpc) is 2.43. The number of aryl methyl sites for hydroxylation is 1. The Bertz CT molecular complexity index is 610. The molecule has 1 nitrogen and oxygen atoms in total. The number of benzene rings is 2. The van der Waals surface area contributed by atoms with Crippen LogP contribution in [0.15, 0.2) is 36.4 Å². The molecule has 0 amide bonds. The van der Waals surface area contributed by atoms with Crippen molar-refractivity contribution in [3.05, 3.63) is 47.5 Å². The molecule has 0 N–H and O–H groups in total. The number of alkyl halides is 1. The Balaban J connectivity index is 1.95. The van der Waals surface area contributed by atoms with Crippen molar-refractivity contribution in [1.29, 1.82) is 0 Å². The van der Waals surface area contributed by atoms with E-state index >= 15 is 0 Å². The largest absolute Gasteiger partial charge is 0.378 e. The van der Waals surface area contributed by atoms with Gasteiger partial charge in [-0.3, -0.25) is 0 Å². The van der Waals surface area contributed by atoms with Crippen LogP contribution in [0.1, 0.15) is 42.2 Å². The predicted molar refractivity (Wildman–Crippen MR) is 85.5 cm³/mol. The van der Waals surface area contributed by atoms with E-state index in [-0.39, 0.29) is 11.0 Å². The molecule has 1 atom stereocenters. The Labute approximate surface area is 125 Å². The second-order valence-corrected chi connectivity index (χ2v) is 6.46. The number of methoxy groups -OCH3 is 1. The highest BCUT2D eigenvalue weighted by atomic mass is 35.5. The zero-order chi connectivity index (χ0) is 14.2. The van der Waals surface area contributed by atoms with Gasteiger partial charge in [-0.25, -0.2) is 0 Å². The maximum absolute atomic E-state index is 6.73. The summed E-state index contributed by atoms with van der Waals surface area (Å²) in [4.78, 5) is 0. The van der Waals surface area contributed by atoms with Gasteiger partial charge in [-0.05, 0) is 54.5 Å². The first-order valence-electron chi connectivity index (χ1n) is 7.33. The molecule has 20 heavy (non-hydrogen) atoms. The van der Waals surface area contributed by atoms with Gasteiger partial charge in [-0.15, -0.1) is 11.6 Å². The fraction of sp³-hybridized carbons (Fsp3) is 0.444. The van der Waals surface area contributed by atoms with Crippen LogP contribution < -0.4 is 0 Å². The maximum atomic E-state index is 6.73. The first kappa shape index (κ1) is 13.9. The molecule has 1 saturated carbocycles. The van der Waals surface area contributed by atoms with Crippen molar-refractivity contribution in [2.75, 3.05) is 7.11 Å². The smallest absolute Gasteiger partial charge is 0.0696 e. The average molecular weight is 289 g/mol. The van der Waals surface area contributed by atoms with Gasteiger partial charge in [0.15, 0.2) is 0 Å². The molecule has 0 spiro atoms. The number of rotatable bonds is 4. The molecule has 0 heterocycles. The minimum atomic E-state index is 0.0123. The van der Waals surface area contributed by atoms with Gasteiger partial charge in [-0.2, -0.15) is 0 Å². The fourth-order valence-electron chi connectivity index (χ4n) is 3.25. The third-order valence-corrected chi connectivity index (χ3v) is 5.15. The molecule has 1 fully saturated rings. The second kappa shape index (κ2) is 5.38. The Hall–Kier alpha value is -1.05. The molecule has 2 aromatic carbocycles. The van der Waals surface area contributed by atoms with Crippen molar-refractivity contribution in [3.8, 4) is 0 Å². The highest BCUT2D eigenvalue weighted by molar-refractivity contribution is 6.22. The van der Waals surface area contributed by atoms with E-state index in [1.54, 1.807) is 0 Å². The van der Waals surface area contributed by atoms with Crippen LogP contribution in [0, 0.1) is 6.92 Å². The molecule has 0 aromatic heterocycles. The minimum Gasteiger partial charge on any atom is -0.378 e. The summed E-state index contributed by atoms with van der Waals surface area (Å²) in [7, 11) is 1.82. The standard InChI is InChI=1S/C18H21ClO/c1-13-8-9-16(15-7-4-3-6-14(13)15)17(19)12-18(20-2)10-5-11-18/h3-4,6-9,17H,5,10-12H2,1-2H3. The summed E-state index contributed by atoms with van der Waals surface area (Å²) in [5.41, 5.74) is 2.55. The Morgan fingerprint density at radius 3 is 2.45 bits per heavy atom. The molecule has 106 valence electrons. The summed E-state index contributed by atoms with van der Waals surface area (Å²) in [5.74, 6) is 0. The second-order valence-electron chi connectivity index (χ2n) is 5.93. The minimum absolute atomic E-state index is 0.0123. The zero-order valence-electron chi connectivity index (χ0n) is 12.2. The summed E-state index contributed by atoms with van der Waals surface area (Å²) in [6.07, 6.45) is 4.43. The third kappa shape index (κ3) is 2.34. The van der Waals surface area contributed by atoms with Gasteiger partial charge in [-0.1, -0.05) is 36.4 Å². The lowest BCUT2D eigenvalue weighted by molar-refractivity contribution is -0.0779. The first-order valence-corrected chi connectivity index (χ1v) is 7.76. The van der Waals surface area contributed by atoms with Gasteiger partial charge in [0.05, 0.1) is 11.0 Å². The van der Waals surface area contributed by atoms with Crippen LogP contribution in [-0.2, 0) is 4.74 Å². The van der Waals surface area contributed by atoms with Gasteiger partial charge in [0.1, 0.15) is 0 Å². The molecule has 0 saturated heterocycles. The number of ether oxygens (including phenoxy) is 1. The highest BCUT2D eigenvalue weighted by Gasteiger charge is 2.39. The first-order chi connectivity index (χ1) is 9.65. The van der Waals surface area contributed by atoms with E-state index in [1.807, 2.05) is 7.11 Å². The fourth-order valence-corrected chi connectivity index (χ4v) is 3.72. The van der Waals surface area contributed by atoms with Crippen LogP contribution in [0.4, 0.5) is 0 Å². The number of halogens is 1. The van der Waals surface area contributed by atoms with E-state index in [0.29, 0.717) is 0 Å². The lowest BCUT2D eigenvalue weighted by Crippen LogP contribution is -2.39. The topological polar surface area (TPSA) is 9.23 Å². The molecule has 1 aliphatic rings. The van der Waals surface area contributed by atoms with Crippen LogP contribution in [0.2, 0.25) is 0 Å². The van der Waals surface area contributed by atoms with E-state index in [2.05, 4.69) is 43.3 Å². The SMILES string of the molecule is COC1(CC(Cl)c2ccc(C)c3ccccc23)CCC1. The molecule has 3 rings (SSSR count). The van der Waals surface area contributed by atoms with Crippen LogP contribution in [0.25, 0.3) is 10.8 Å². The molecular weight excluding hydrogens is 268 g/mol. The Kier molecular flexibility index (Phi) is 3.74. The molecular formula is C18H21ClO. The van der Waals surface area contributed by atoms with Crippen molar-refractivity contribution in [2.45, 2.75) is 43.6 Å². The Morgan fingerprint density at radius 1 is 1.15 bits per heavy atom. The van der Waals surface area contributed by atoms with Gasteiger partial charge in [0, 0.05) is 7.11 Å². The van der Waals surface area contributed by atoms with E-state index in [9.17, 15) is 0 Å². The van der Waals surface area contributed by atoms with Gasteiger partial charge in [0.2, 0.25) is 0 Å². The van der Waals surface area contributed by atoms with Gasteiger partial charge >= 0.3 is 0 Å².